The molecule has 0 aromatic rings. The van der Waals surface area contributed by atoms with Crippen molar-refractivity contribution in [1.82, 2.24) is 10.2 Å². The maximum atomic E-state index is 11.2. The first kappa shape index (κ1) is 9.36. The van der Waals surface area contributed by atoms with Gasteiger partial charge in [0.15, 0.2) is 0 Å². The van der Waals surface area contributed by atoms with E-state index in [0.29, 0.717) is 11.8 Å². The van der Waals surface area contributed by atoms with E-state index >= 15 is 0 Å². The standard InChI is InChI=1S/C9H18N2O/c1-7(2)8-4-5-11(6-8)9(12)10-3/h7-8H,4-6H2,1-3H3,(H,10,12)/t8-/m1/s1. The van der Waals surface area contributed by atoms with Crippen molar-refractivity contribution >= 4 is 6.03 Å². The Labute approximate surface area is 74.1 Å². The molecule has 0 aromatic heterocycles. The van der Waals surface area contributed by atoms with Crippen LogP contribution in [0.2, 0.25) is 0 Å². The molecule has 3 heteroatoms. The minimum atomic E-state index is 0.0677. The lowest BCUT2D eigenvalue weighted by Crippen LogP contribution is -2.36. The van der Waals surface area contributed by atoms with Gasteiger partial charge in [-0.25, -0.2) is 4.79 Å². The molecule has 12 heavy (non-hydrogen) atoms. The molecule has 1 N–H and O–H groups in total. The van der Waals surface area contributed by atoms with Gasteiger partial charge in [-0.15, -0.1) is 0 Å². The van der Waals surface area contributed by atoms with Crippen LogP contribution in [0.15, 0.2) is 0 Å². The highest BCUT2D eigenvalue weighted by molar-refractivity contribution is 5.74. The molecule has 0 aromatic carbocycles. The zero-order valence-electron chi connectivity index (χ0n) is 8.13. The van der Waals surface area contributed by atoms with Crippen molar-refractivity contribution in [3.05, 3.63) is 0 Å². The molecule has 0 spiro atoms. The zero-order valence-corrected chi connectivity index (χ0v) is 8.13. The van der Waals surface area contributed by atoms with Crippen LogP contribution in [0.5, 0.6) is 0 Å². The molecule has 0 bridgehead atoms. The third-order valence-corrected chi connectivity index (χ3v) is 2.67. The molecule has 1 heterocycles. The van der Waals surface area contributed by atoms with E-state index in [4.69, 9.17) is 0 Å². The predicted molar refractivity (Wildman–Crippen MR) is 49.0 cm³/mol. The van der Waals surface area contributed by atoms with Gasteiger partial charge in [0.2, 0.25) is 0 Å². The summed E-state index contributed by atoms with van der Waals surface area (Å²) in [6.07, 6.45) is 1.16. The molecule has 3 nitrogen and oxygen atoms in total. The molecule has 1 aliphatic rings. The summed E-state index contributed by atoms with van der Waals surface area (Å²) in [5, 5.41) is 2.65. The van der Waals surface area contributed by atoms with Gasteiger partial charge in [-0.2, -0.15) is 0 Å². The smallest absolute Gasteiger partial charge is 0.317 e. The average Bonchev–Trinajstić information content (AvgIpc) is 2.51. The van der Waals surface area contributed by atoms with Crippen LogP contribution in [0.4, 0.5) is 4.79 Å². The van der Waals surface area contributed by atoms with Gasteiger partial charge in [0.1, 0.15) is 0 Å². The molecule has 0 unspecified atom stereocenters. The fraction of sp³-hybridized carbons (Fsp3) is 0.889. The maximum Gasteiger partial charge on any atom is 0.317 e. The summed E-state index contributed by atoms with van der Waals surface area (Å²) in [6.45, 7) is 6.29. The second-order valence-electron chi connectivity index (χ2n) is 3.79. The number of nitrogens with one attached hydrogen (secondary N) is 1. The number of rotatable bonds is 1. The molecule has 1 aliphatic heterocycles. The number of urea groups is 1. The van der Waals surface area contributed by atoms with Crippen LogP contribution in [0, 0.1) is 11.8 Å². The molecule has 1 rings (SSSR count). The monoisotopic (exact) mass is 170 g/mol. The number of carbonyl (C=O) groups excluding carboxylic acids is 1. The Morgan fingerprint density at radius 2 is 2.25 bits per heavy atom. The lowest BCUT2D eigenvalue weighted by molar-refractivity contribution is 0.207. The highest BCUT2D eigenvalue weighted by Crippen LogP contribution is 2.23. The Hall–Kier alpha value is -0.730. The molecule has 70 valence electrons. The molecule has 0 saturated carbocycles. The zero-order chi connectivity index (χ0) is 9.14. The highest BCUT2D eigenvalue weighted by Gasteiger charge is 2.27. The minimum absolute atomic E-state index is 0.0677. The lowest BCUT2D eigenvalue weighted by Gasteiger charge is -2.17. The first-order valence-electron chi connectivity index (χ1n) is 4.61. The van der Waals surface area contributed by atoms with Crippen LogP contribution in [0.1, 0.15) is 20.3 Å². The van der Waals surface area contributed by atoms with Crippen LogP contribution in [-0.4, -0.2) is 31.1 Å². The van der Waals surface area contributed by atoms with Crippen LogP contribution >= 0.6 is 0 Å². The molecular weight excluding hydrogens is 152 g/mol. The molecule has 0 aliphatic carbocycles. The molecule has 1 atom stereocenters. The summed E-state index contributed by atoms with van der Waals surface area (Å²) in [5.41, 5.74) is 0. The lowest BCUT2D eigenvalue weighted by atomic mass is 9.95. The van der Waals surface area contributed by atoms with Crippen LogP contribution in [0.3, 0.4) is 0 Å². The number of hydrogen-bond donors (Lipinski definition) is 1. The van der Waals surface area contributed by atoms with Gasteiger partial charge < -0.3 is 10.2 Å². The largest absolute Gasteiger partial charge is 0.341 e. The van der Waals surface area contributed by atoms with E-state index in [0.717, 1.165) is 19.5 Å². The SMILES string of the molecule is CNC(=O)N1CC[C@@H](C(C)C)C1. The Morgan fingerprint density at radius 1 is 1.58 bits per heavy atom. The van der Waals surface area contributed by atoms with Gasteiger partial charge in [0, 0.05) is 20.1 Å². The van der Waals surface area contributed by atoms with E-state index in [9.17, 15) is 4.79 Å². The fourth-order valence-corrected chi connectivity index (χ4v) is 1.67. The van der Waals surface area contributed by atoms with E-state index < -0.39 is 0 Å². The van der Waals surface area contributed by atoms with E-state index in [2.05, 4.69) is 19.2 Å². The second-order valence-corrected chi connectivity index (χ2v) is 3.79. The normalized spacial score (nSPS) is 23.3. The Balaban J connectivity index is 2.40. The minimum Gasteiger partial charge on any atom is -0.341 e. The first-order valence-corrected chi connectivity index (χ1v) is 4.61. The van der Waals surface area contributed by atoms with Gasteiger partial charge in [0.25, 0.3) is 0 Å². The summed E-state index contributed by atoms with van der Waals surface area (Å²) in [7, 11) is 1.69. The summed E-state index contributed by atoms with van der Waals surface area (Å²) < 4.78 is 0. The van der Waals surface area contributed by atoms with E-state index in [1.165, 1.54) is 0 Å². The van der Waals surface area contributed by atoms with E-state index in [1.807, 2.05) is 4.90 Å². The number of hydrogen-bond acceptors (Lipinski definition) is 1. The third-order valence-electron chi connectivity index (χ3n) is 2.67. The highest BCUT2D eigenvalue weighted by atomic mass is 16.2. The van der Waals surface area contributed by atoms with Crippen LogP contribution in [0.25, 0.3) is 0 Å². The van der Waals surface area contributed by atoms with Crippen molar-refractivity contribution in [1.29, 1.82) is 0 Å². The van der Waals surface area contributed by atoms with Crippen molar-refractivity contribution in [3.63, 3.8) is 0 Å². The van der Waals surface area contributed by atoms with E-state index in [1.54, 1.807) is 7.05 Å². The summed E-state index contributed by atoms with van der Waals surface area (Å²) in [5.74, 6) is 1.39. The van der Waals surface area contributed by atoms with Crippen molar-refractivity contribution in [2.45, 2.75) is 20.3 Å². The predicted octanol–water partition coefficient (Wildman–Crippen LogP) is 1.30. The maximum absolute atomic E-state index is 11.2. The van der Waals surface area contributed by atoms with Gasteiger partial charge in [-0.05, 0) is 18.3 Å². The molecule has 0 radical (unpaired) electrons. The molecule has 1 fully saturated rings. The van der Waals surface area contributed by atoms with Gasteiger partial charge >= 0.3 is 6.03 Å². The molecule has 1 saturated heterocycles. The third kappa shape index (κ3) is 1.90. The summed E-state index contributed by atoms with van der Waals surface area (Å²) >= 11 is 0. The Kier molecular flexibility index (Phi) is 2.95. The first-order chi connectivity index (χ1) is 5.65. The number of amides is 2. The van der Waals surface area contributed by atoms with Crippen molar-refractivity contribution in [2.75, 3.05) is 20.1 Å². The van der Waals surface area contributed by atoms with Gasteiger partial charge in [-0.1, -0.05) is 13.8 Å². The van der Waals surface area contributed by atoms with Gasteiger partial charge in [-0.3, -0.25) is 0 Å². The Morgan fingerprint density at radius 3 is 2.67 bits per heavy atom. The summed E-state index contributed by atoms with van der Waals surface area (Å²) in [6, 6.07) is 0.0677. The van der Waals surface area contributed by atoms with Gasteiger partial charge in [0.05, 0.1) is 0 Å². The number of likely N-dealkylation sites (tertiary alicyclic amines) is 1. The number of carbonyl (C=O) groups is 1. The van der Waals surface area contributed by atoms with E-state index in [-0.39, 0.29) is 6.03 Å². The molecule has 2 amide bonds. The molecular formula is C9H18N2O. The van der Waals surface area contributed by atoms with Crippen molar-refractivity contribution in [3.8, 4) is 0 Å². The Bertz CT molecular complexity index is 168. The van der Waals surface area contributed by atoms with Crippen molar-refractivity contribution < 1.29 is 4.79 Å². The average molecular weight is 170 g/mol. The van der Waals surface area contributed by atoms with Crippen LogP contribution in [-0.2, 0) is 0 Å². The van der Waals surface area contributed by atoms with Crippen LogP contribution < -0.4 is 5.32 Å². The second kappa shape index (κ2) is 3.78. The quantitative estimate of drug-likeness (QED) is 0.632. The number of nitrogens with zero attached hydrogens (tertiary/aromatic N) is 1. The summed E-state index contributed by atoms with van der Waals surface area (Å²) in [4.78, 5) is 13.1. The fourth-order valence-electron chi connectivity index (χ4n) is 1.67. The topological polar surface area (TPSA) is 32.3 Å². The van der Waals surface area contributed by atoms with Crippen molar-refractivity contribution in [2.24, 2.45) is 11.8 Å².